The first-order valence-corrected chi connectivity index (χ1v) is 5.08. The summed E-state index contributed by atoms with van der Waals surface area (Å²) in [4.78, 5) is 19.4. The molecule has 0 saturated heterocycles. The fraction of sp³-hybridized carbons (Fsp3) is 0.364. The average molecular weight is 219 g/mol. The molecule has 0 aliphatic rings. The number of hydrogen-bond donors (Lipinski definition) is 1. The molecule has 16 heavy (non-hydrogen) atoms. The van der Waals surface area contributed by atoms with Gasteiger partial charge in [-0.1, -0.05) is 13.8 Å². The van der Waals surface area contributed by atoms with E-state index in [0.29, 0.717) is 17.4 Å². The highest BCUT2D eigenvalue weighted by molar-refractivity contribution is 5.88. The first-order valence-electron chi connectivity index (χ1n) is 5.08. The number of hydrogen-bond acceptors (Lipinski definition) is 3. The Labute approximate surface area is 92.8 Å². The summed E-state index contributed by atoms with van der Waals surface area (Å²) < 4.78 is 1.66. The summed E-state index contributed by atoms with van der Waals surface area (Å²) >= 11 is 0. The predicted octanol–water partition coefficient (Wildman–Crippen LogP) is 1.86. The zero-order valence-electron chi connectivity index (χ0n) is 9.43. The van der Waals surface area contributed by atoms with Crippen molar-refractivity contribution < 1.29 is 9.90 Å². The van der Waals surface area contributed by atoms with Crippen molar-refractivity contribution in [2.24, 2.45) is 0 Å². The molecule has 0 saturated carbocycles. The van der Waals surface area contributed by atoms with Gasteiger partial charge in [0.2, 0.25) is 5.78 Å². The van der Waals surface area contributed by atoms with Crippen molar-refractivity contribution in [2.75, 3.05) is 0 Å². The molecule has 0 bridgehead atoms. The summed E-state index contributed by atoms with van der Waals surface area (Å²) in [6.45, 7) is 5.74. The fourth-order valence-corrected chi connectivity index (χ4v) is 1.51. The van der Waals surface area contributed by atoms with Crippen LogP contribution in [0.2, 0.25) is 0 Å². The van der Waals surface area contributed by atoms with Crippen LogP contribution in [-0.2, 0) is 0 Å². The highest BCUT2D eigenvalue weighted by Crippen LogP contribution is 2.15. The van der Waals surface area contributed by atoms with Crippen molar-refractivity contribution >= 4 is 11.7 Å². The van der Waals surface area contributed by atoms with Gasteiger partial charge in [0.15, 0.2) is 0 Å². The van der Waals surface area contributed by atoms with Gasteiger partial charge in [-0.25, -0.2) is 14.8 Å². The first kappa shape index (κ1) is 10.6. The molecular weight excluding hydrogens is 206 g/mol. The number of rotatable bonds is 2. The lowest BCUT2D eigenvalue weighted by molar-refractivity contribution is 0.0695. The maximum Gasteiger partial charge on any atom is 0.339 e. The summed E-state index contributed by atoms with van der Waals surface area (Å²) in [6, 6.07) is 0. The third-order valence-corrected chi connectivity index (χ3v) is 2.48. The molecule has 84 valence electrons. The minimum atomic E-state index is -0.966. The van der Waals surface area contributed by atoms with E-state index in [2.05, 4.69) is 9.97 Å². The van der Waals surface area contributed by atoms with E-state index < -0.39 is 5.97 Å². The third kappa shape index (κ3) is 1.64. The van der Waals surface area contributed by atoms with Crippen molar-refractivity contribution in [3.8, 4) is 0 Å². The summed E-state index contributed by atoms with van der Waals surface area (Å²) in [7, 11) is 0. The number of aryl methyl sites for hydroxylation is 1. The summed E-state index contributed by atoms with van der Waals surface area (Å²) in [5, 5.41) is 8.97. The third-order valence-electron chi connectivity index (χ3n) is 2.48. The lowest BCUT2D eigenvalue weighted by Crippen LogP contribution is -2.04. The molecule has 1 N–H and O–H groups in total. The van der Waals surface area contributed by atoms with Crippen molar-refractivity contribution in [3.63, 3.8) is 0 Å². The van der Waals surface area contributed by atoms with Gasteiger partial charge >= 0.3 is 5.97 Å². The Bertz CT molecular complexity index is 558. The minimum absolute atomic E-state index is 0.209. The number of aromatic nitrogens is 3. The van der Waals surface area contributed by atoms with Gasteiger partial charge in [-0.05, 0) is 12.8 Å². The molecule has 0 radical (unpaired) electrons. The largest absolute Gasteiger partial charge is 0.478 e. The molecule has 5 nitrogen and oxygen atoms in total. The van der Waals surface area contributed by atoms with Gasteiger partial charge in [0.25, 0.3) is 0 Å². The van der Waals surface area contributed by atoms with E-state index in [9.17, 15) is 4.79 Å². The molecule has 2 aromatic heterocycles. The van der Waals surface area contributed by atoms with Crippen LogP contribution in [0.5, 0.6) is 0 Å². The molecule has 0 amide bonds. The van der Waals surface area contributed by atoms with Crippen LogP contribution in [0.4, 0.5) is 0 Å². The Kier molecular flexibility index (Phi) is 2.38. The van der Waals surface area contributed by atoms with Crippen LogP contribution in [-0.4, -0.2) is 25.4 Å². The van der Waals surface area contributed by atoms with Gasteiger partial charge in [0, 0.05) is 12.4 Å². The van der Waals surface area contributed by atoms with Crippen molar-refractivity contribution in [1.29, 1.82) is 0 Å². The standard InChI is InChI=1S/C11H13N3O2/c1-6(2)9-5-14-4-8(10(15)16)7(3)12-11(14)13-9/h4-6H,1-3H3,(H,15,16). The second-order valence-electron chi connectivity index (χ2n) is 4.07. The van der Waals surface area contributed by atoms with Crippen molar-refractivity contribution in [2.45, 2.75) is 26.7 Å². The van der Waals surface area contributed by atoms with Crippen LogP contribution in [0.15, 0.2) is 12.4 Å². The highest BCUT2D eigenvalue weighted by Gasteiger charge is 2.12. The molecule has 2 heterocycles. The Hall–Kier alpha value is -1.91. The molecule has 0 atom stereocenters. The zero-order chi connectivity index (χ0) is 11.9. The summed E-state index contributed by atoms with van der Waals surface area (Å²) in [6.07, 6.45) is 3.37. The van der Waals surface area contributed by atoms with E-state index in [-0.39, 0.29) is 5.56 Å². The maximum absolute atomic E-state index is 10.9. The highest BCUT2D eigenvalue weighted by atomic mass is 16.4. The van der Waals surface area contributed by atoms with Gasteiger partial charge in [0.1, 0.15) is 0 Å². The molecular formula is C11H13N3O2. The lowest BCUT2D eigenvalue weighted by atomic mass is 10.2. The van der Waals surface area contributed by atoms with Gasteiger partial charge in [-0.2, -0.15) is 0 Å². The molecule has 2 aromatic rings. The summed E-state index contributed by atoms with van der Waals surface area (Å²) in [5.41, 5.74) is 1.61. The zero-order valence-corrected chi connectivity index (χ0v) is 9.43. The lowest BCUT2D eigenvalue weighted by Gasteiger charge is -1.99. The monoisotopic (exact) mass is 219 g/mol. The number of carbonyl (C=O) groups is 1. The Morgan fingerprint density at radius 1 is 1.38 bits per heavy atom. The van der Waals surface area contributed by atoms with Crippen LogP contribution in [0.1, 0.15) is 41.5 Å². The number of carboxylic acid groups (broad SMARTS) is 1. The van der Waals surface area contributed by atoms with Crippen LogP contribution in [0, 0.1) is 6.92 Å². The van der Waals surface area contributed by atoms with Crippen LogP contribution in [0.3, 0.4) is 0 Å². The molecule has 5 heteroatoms. The molecule has 2 rings (SSSR count). The predicted molar refractivity (Wildman–Crippen MR) is 58.8 cm³/mol. The van der Waals surface area contributed by atoms with Crippen LogP contribution in [0.25, 0.3) is 5.78 Å². The average Bonchev–Trinajstić information content (AvgIpc) is 2.58. The number of nitrogens with zero attached hydrogens (tertiary/aromatic N) is 3. The molecule has 0 aliphatic carbocycles. The molecule has 0 aromatic carbocycles. The van der Waals surface area contributed by atoms with E-state index in [1.165, 1.54) is 0 Å². The normalized spacial score (nSPS) is 11.2. The van der Waals surface area contributed by atoms with E-state index in [0.717, 1.165) is 5.69 Å². The number of imidazole rings is 1. The molecule has 0 spiro atoms. The Morgan fingerprint density at radius 3 is 2.62 bits per heavy atom. The molecule has 0 fully saturated rings. The van der Waals surface area contributed by atoms with E-state index in [1.54, 1.807) is 17.5 Å². The SMILES string of the molecule is Cc1nc2nc(C(C)C)cn2cc1C(=O)O. The quantitative estimate of drug-likeness (QED) is 0.837. The van der Waals surface area contributed by atoms with E-state index in [1.807, 2.05) is 20.0 Å². The second kappa shape index (κ2) is 3.59. The maximum atomic E-state index is 10.9. The van der Waals surface area contributed by atoms with E-state index in [4.69, 9.17) is 5.11 Å². The molecule has 0 aliphatic heterocycles. The smallest absolute Gasteiger partial charge is 0.339 e. The number of aromatic carboxylic acids is 1. The fourth-order valence-electron chi connectivity index (χ4n) is 1.51. The van der Waals surface area contributed by atoms with Crippen molar-refractivity contribution in [1.82, 2.24) is 14.4 Å². The van der Waals surface area contributed by atoms with Gasteiger partial charge in [-0.3, -0.25) is 4.40 Å². The van der Waals surface area contributed by atoms with Crippen LogP contribution >= 0.6 is 0 Å². The minimum Gasteiger partial charge on any atom is -0.478 e. The summed E-state index contributed by atoms with van der Waals surface area (Å²) in [5.74, 6) is -0.117. The number of fused-ring (bicyclic) bond motifs is 1. The van der Waals surface area contributed by atoms with Gasteiger partial charge < -0.3 is 5.11 Å². The topological polar surface area (TPSA) is 67.5 Å². The van der Waals surface area contributed by atoms with E-state index >= 15 is 0 Å². The Balaban J connectivity index is 2.65. The van der Waals surface area contributed by atoms with Crippen LogP contribution < -0.4 is 0 Å². The Morgan fingerprint density at radius 2 is 2.06 bits per heavy atom. The van der Waals surface area contributed by atoms with Gasteiger partial charge in [-0.15, -0.1) is 0 Å². The van der Waals surface area contributed by atoms with Crippen molar-refractivity contribution in [3.05, 3.63) is 29.3 Å². The second-order valence-corrected chi connectivity index (χ2v) is 4.07. The molecule has 0 unspecified atom stereocenters. The van der Waals surface area contributed by atoms with Gasteiger partial charge in [0.05, 0.1) is 17.0 Å². The first-order chi connectivity index (χ1) is 7.49. The number of carboxylic acids is 1.